The van der Waals surface area contributed by atoms with Crippen molar-refractivity contribution in [3.05, 3.63) is 0 Å². The maximum Gasteiger partial charge on any atom is 0.331 e. The van der Waals surface area contributed by atoms with Crippen molar-refractivity contribution in [2.45, 2.75) is 45.1 Å². The summed E-state index contributed by atoms with van der Waals surface area (Å²) < 4.78 is 4.79. The van der Waals surface area contributed by atoms with E-state index in [1.807, 2.05) is 6.92 Å². The van der Waals surface area contributed by atoms with Gasteiger partial charge in [0.05, 0.1) is 7.11 Å². The second-order valence-corrected chi connectivity index (χ2v) is 5.09. The molecule has 1 aliphatic heterocycles. The van der Waals surface area contributed by atoms with Crippen molar-refractivity contribution in [3.63, 3.8) is 0 Å². The molecule has 1 amide bonds. The fourth-order valence-corrected chi connectivity index (χ4v) is 2.40. The molecule has 2 N–H and O–H groups in total. The van der Waals surface area contributed by atoms with E-state index in [1.165, 1.54) is 7.11 Å². The molecule has 1 heterocycles. The van der Waals surface area contributed by atoms with Gasteiger partial charge in [0.2, 0.25) is 5.91 Å². The lowest BCUT2D eigenvalue weighted by Gasteiger charge is -2.31. The van der Waals surface area contributed by atoms with Gasteiger partial charge in [0.1, 0.15) is 5.54 Å². The number of ether oxygens (including phenoxy) is 1. The Morgan fingerprint density at radius 1 is 1.37 bits per heavy atom. The van der Waals surface area contributed by atoms with Crippen LogP contribution in [0.5, 0.6) is 0 Å². The highest BCUT2D eigenvalue weighted by molar-refractivity contribution is 5.88. The molecule has 0 saturated carbocycles. The standard InChI is InChI=1S/C13H24N2O3.ClH/c1-4-7-13(2,12(17)18-3)15-11(16)10-5-8-14-9-6-10;/h10,14H,4-9H2,1-3H3,(H,15,16);1H. The third-order valence-electron chi connectivity index (χ3n) is 3.49. The van der Waals surface area contributed by atoms with Crippen molar-refractivity contribution in [2.24, 2.45) is 5.92 Å². The van der Waals surface area contributed by atoms with Crippen molar-refractivity contribution in [2.75, 3.05) is 20.2 Å². The van der Waals surface area contributed by atoms with Gasteiger partial charge < -0.3 is 15.4 Å². The Morgan fingerprint density at radius 2 is 1.95 bits per heavy atom. The fourth-order valence-electron chi connectivity index (χ4n) is 2.40. The van der Waals surface area contributed by atoms with Gasteiger partial charge in [0, 0.05) is 5.92 Å². The van der Waals surface area contributed by atoms with Crippen LogP contribution in [0.1, 0.15) is 39.5 Å². The van der Waals surface area contributed by atoms with E-state index in [4.69, 9.17) is 4.74 Å². The first-order valence-electron chi connectivity index (χ1n) is 6.64. The summed E-state index contributed by atoms with van der Waals surface area (Å²) in [6.07, 6.45) is 3.07. The molecule has 1 unspecified atom stereocenters. The molecule has 112 valence electrons. The highest BCUT2D eigenvalue weighted by atomic mass is 35.5. The number of carbonyl (C=O) groups excluding carboxylic acids is 2. The van der Waals surface area contributed by atoms with Crippen LogP contribution in [0.3, 0.4) is 0 Å². The van der Waals surface area contributed by atoms with Crippen LogP contribution in [0.4, 0.5) is 0 Å². The van der Waals surface area contributed by atoms with Gasteiger partial charge in [-0.25, -0.2) is 4.79 Å². The second kappa shape index (κ2) is 8.38. The molecule has 6 heteroatoms. The zero-order chi connectivity index (χ0) is 13.6. The van der Waals surface area contributed by atoms with E-state index >= 15 is 0 Å². The molecule has 1 fully saturated rings. The molecule has 19 heavy (non-hydrogen) atoms. The number of piperidine rings is 1. The van der Waals surface area contributed by atoms with Crippen LogP contribution in [0.25, 0.3) is 0 Å². The minimum atomic E-state index is -0.897. The first kappa shape index (κ1) is 18.2. The molecule has 0 radical (unpaired) electrons. The summed E-state index contributed by atoms with van der Waals surface area (Å²) >= 11 is 0. The number of halogens is 1. The van der Waals surface area contributed by atoms with Crippen LogP contribution in [-0.2, 0) is 14.3 Å². The summed E-state index contributed by atoms with van der Waals surface area (Å²) in [6, 6.07) is 0. The predicted octanol–water partition coefficient (Wildman–Crippen LogP) is 1.26. The first-order valence-corrected chi connectivity index (χ1v) is 6.64. The number of carbonyl (C=O) groups is 2. The number of esters is 1. The van der Waals surface area contributed by atoms with Crippen LogP contribution in [0, 0.1) is 5.92 Å². The minimum absolute atomic E-state index is 0. The molecule has 0 aliphatic carbocycles. The van der Waals surface area contributed by atoms with E-state index in [2.05, 4.69) is 10.6 Å². The van der Waals surface area contributed by atoms with E-state index < -0.39 is 5.54 Å². The molecule has 0 spiro atoms. The number of hydrogen-bond donors (Lipinski definition) is 2. The Morgan fingerprint density at radius 3 is 2.42 bits per heavy atom. The normalized spacial score (nSPS) is 18.9. The van der Waals surface area contributed by atoms with E-state index in [0.717, 1.165) is 32.4 Å². The molecule has 0 aromatic rings. The van der Waals surface area contributed by atoms with E-state index in [1.54, 1.807) is 6.92 Å². The SMILES string of the molecule is CCCC(C)(NC(=O)C1CCNCC1)C(=O)OC.Cl. The molecular weight excluding hydrogens is 268 g/mol. The summed E-state index contributed by atoms with van der Waals surface area (Å²) in [4.78, 5) is 24.0. The quantitative estimate of drug-likeness (QED) is 0.749. The molecule has 0 aromatic carbocycles. The van der Waals surface area contributed by atoms with Crippen molar-refractivity contribution in [3.8, 4) is 0 Å². The fraction of sp³-hybridized carbons (Fsp3) is 0.846. The van der Waals surface area contributed by atoms with Crippen LogP contribution in [0.15, 0.2) is 0 Å². The van der Waals surface area contributed by atoms with Crippen molar-refractivity contribution < 1.29 is 14.3 Å². The van der Waals surface area contributed by atoms with Crippen molar-refractivity contribution in [1.82, 2.24) is 10.6 Å². The van der Waals surface area contributed by atoms with Gasteiger partial charge >= 0.3 is 5.97 Å². The lowest BCUT2D eigenvalue weighted by atomic mass is 9.92. The van der Waals surface area contributed by atoms with E-state index in [9.17, 15) is 9.59 Å². The van der Waals surface area contributed by atoms with Gasteiger partial charge in [-0.2, -0.15) is 0 Å². The second-order valence-electron chi connectivity index (χ2n) is 5.09. The zero-order valence-corrected chi connectivity index (χ0v) is 12.8. The number of nitrogens with one attached hydrogen (secondary N) is 2. The summed E-state index contributed by atoms with van der Waals surface area (Å²) in [6.45, 7) is 5.45. The monoisotopic (exact) mass is 292 g/mol. The number of methoxy groups -OCH3 is 1. The van der Waals surface area contributed by atoms with Crippen LogP contribution in [-0.4, -0.2) is 37.6 Å². The van der Waals surface area contributed by atoms with Gasteiger partial charge in [0.15, 0.2) is 0 Å². The summed E-state index contributed by atoms with van der Waals surface area (Å²) in [5.74, 6) is -0.392. The maximum atomic E-state index is 12.2. The summed E-state index contributed by atoms with van der Waals surface area (Å²) in [7, 11) is 1.35. The predicted molar refractivity (Wildman–Crippen MR) is 76.3 cm³/mol. The molecule has 1 aliphatic rings. The topological polar surface area (TPSA) is 67.4 Å². The van der Waals surface area contributed by atoms with E-state index in [-0.39, 0.29) is 30.2 Å². The maximum absolute atomic E-state index is 12.2. The first-order chi connectivity index (χ1) is 8.53. The lowest BCUT2D eigenvalue weighted by molar-refractivity contribution is -0.151. The van der Waals surface area contributed by atoms with Gasteiger partial charge in [-0.1, -0.05) is 13.3 Å². The minimum Gasteiger partial charge on any atom is -0.467 e. The Balaban J connectivity index is 0.00000324. The highest BCUT2D eigenvalue weighted by Gasteiger charge is 2.36. The molecule has 1 atom stereocenters. The smallest absolute Gasteiger partial charge is 0.331 e. The molecular formula is C13H25ClN2O3. The lowest BCUT2D eigenvalue weighted by Crippen LogP contribution is -2.55. The third kappa shape index (κ3) is 4.99. The molecule has 1 rings (SSSR count). The number of rotatable bonds is 5. The van der Waals surface area contributed by atoms with Crippen molar-refractivity contribution >= 4 is 24.3 Å². The van der Waals surface area contributed by atoms with Crippen LogP contribution >= 0.6 is 12.4 Å². The summed E-state index contributed by atoms with van der Waals surface area (Å²) in [5.41, 5.74) is -0.897. The largest absolute Gasteiger partial charge is 0.467 e. The summed E-state index contributed by atoms with van der Waals surface area (Å²) in [5, 5.41) is 6.09. The van der Waals surface area contributed by atoms with Gasteiger partial charge in [-0.3, -0.25) is 4.79 Å². The van der Waals surface area contributed by atoms with Crippen molar-refractivity contribution in [1.29, 1.82) is 0 Å². The molecule has 1 saturated heterocycles. The Labute approximate surface area is 121 Å². The third-order valence-corrected chi connectivity index (χ3v) is 3.49. The Kier molecular flexibility index (Phi) is 8.02. The Hall–Kier alpha value is -0.810. The van der Waals surface area contributed by atoms with Crippen LogP contribution in [0.2, 0.25) is 0 Å². The van der Waals surface area contributed by atoms with Gasteiger partial charge in [0.25, 0.3) is 0 Å². The molecule has 5 nitrogen and oxygen atoms in total. The average Bonchev–Trinajstić information content (AvgIpc) is 2.39. The van der Waals surface area contributed by atoms with Gasteiger partial charge in [-0.05, 0) is 39.3 Å². The Bertz CT molecular complexity index is 306. The highest BCUT2D eigenvalue weighted by Crippen LogP contribution is 2.18. The van der Waals surface area contributed by atoms with E-state index in [0.29, 0.717) is 6.42 Å². The van der Waals surface area contributed by atoms with Crippen LogP contribution < -0.4 is 10.6 Å². The number of amides is 1. The van der Waals surface area contributed by atoms with Gasteiger partial charge in [-0.15, -0.1) is 12.4 Å². The molecule has 0 aromatic heterocycles. The molecule has 0 bridgehead atoms. The average molecular weight is 293 g/mol. The number of hydrogen-bond acceptors (Lipinski definition) is 4. The zero-order valence-electron chi connectivity index (χ0n) is 12.0.